The minimum atomic E-state index is -5.26. The summed E-state index contributed by atoms with van der Waals surface area (Å²) in [6.07, 6.45) is -2.22. The molecular weight excluding hydrogens is 386 g/mol. The molecule has 1 unspecified atom stereocenters. The highest BCUT2D eigenvalue weighted by atomic mass is 31.3. The van der Waals surface area contributed by atoms with E-state index in [1.165, 1.54) is 13.1 Å². The van der Waals surface area contributed by atoms with Gasteiger partial charge in [0.25, 0.3) is 5.56 Å². The lowest BCUT2D eigenvalue weighted by Gasteiger charge is -2.18. The normalized spacial score (nSPS) is 26.5. The molecule has 0 amide bonds. The summed E-state index contributed by atoms with van der Waals surface area (Å²) in [7, 11) is -10.3. The number of H-pyrrole nitrogens is 1. The van der Waals surface area contributed by atoms with Crippen molar-refractivity contribution in [3.63, 3.8) is 0 Å². The van der Waals surface area contributed by atoms with Gasteiger partial charge in [-0.2, -0.15) is 4.31 Å². The molecule has 1 aliphatic rings. The van der Waals surface area contributed by atoms with Crippen molar-refractivity contribution in [1.82, 2.24) is 9.55 Å². The molecule has 0 spiro atoms. The molecule has 25 heavy (non-hydrogen) atoms. The first-order valence-corrected chi connectivity index (χ1v) is 9.80. The fourth-order valence-corrected chi connectivity index (χ4v) is 3.76. The number of aryl methyl sites for hydroxylation is 1. The third-order valence-corrected chi connectivity index (χ3v) is 5.42. The molecule has 1 saturated heterocycles. The highest BCUT2D eigenvalue weighted by molar-refractivity contribution is 7.60. The Morgan fingerprint density at radius 2 is 2.00 bits per heavy atom. The van der Waals surface area contributed by atoms with Crippen molar-refractivity contribution in [2.75, 3.05) is 6.61 Å². The Hall–Kier alpha value is -1.14. The molecule has 1 fully saturated rings. The Bertz CT molecular complexity index is 842. The maximum atomic E-state index is 11.8. The lowest BCUT2D eigenvalue weighted by molar-refractivity contribution is -0.0450. The second kappa shape index (κ2) is 7.23. The molecule has 13 nitrogen and oxygen atoms in total. The summed E-state index contributed by atoms with van der Waals surface area (Å²) < 4.78 is 36.3. The number of hydrogen-bond donors (Lipinski definition) is 5. The van der Waals surface area contributed by atoms with Crippen LogP contribution < -0.4 is 11.2 Å². The lowest BCUT2D eigenvalue weighted by atomic mass is 10.2. The number of nitrogens with one attached hydrogen (secondary N) is 1. The minimum absolute atomic E-state index is 0.0888. The number of aromatic nitrogens is 2. The zero-order valence-corrected chi connectivity index (χ0v) is 14.5. The van der Waals surface area contributed by atoms with Crippen molar-refractivity contribution in [3.05, 3.63) is 32.6 Å². The van der Waals surface area contributed by atoms with Gasteiger partial charge in [0.05, 0.1) is 12.7 Å². The molecule has 2 rings (SSSR count). The predicted octanol–water partition coefficient (Wildman–Crippen LogP) is -1.28. The molecule has 142 valence electrons. The first-order valence-electron chi connectivity index (χ1n) is 6.78. The highest BCUT2D eigenvalue weighted by Crippen LogP contribution is 2.57. The molecule has 1 aromatic rings. The van der Waals surface area contributed by atoms with Crippen LogP contribution in [0, 0.1) is 6.92 Å². The van der Waals surface area contributed by atoms with E-state index in [2.05, 4.69) is 13.8 Å². The number of ether oxygens (including phenoxy) is 1. The van der Waals surface area contributed by atoms with Crippen LogP contribution in [0.5, 0.6) is 0 Å². The van der Waals surface area contributed by atoms with Gasteiger partial charge in [-0.15, -0.1) is 0 Å². The van der Waals surface area contributed by atoms with Crippen molar-refractivity contribution in [3.8, 4) is 0 Å². The van der Waals surface area contributed by atoms with Gasteiger partial charge in [-0.1, -0.05) is 0 Å². The second-order valence-corrected chi connectivity index (χ2v) is 8.08. The van der Waals surface area contributed by atoms with E-state index >= 15 is 0 Å². The van der Waals surface area contributed by atoms with E-state index in [1.807, 2.05) is 0 Å². The molecular formula is C10H16N2O11P2. The van der Waals surface area contributed by atoms with E-state index in [0.29, 0.717) is 0 Å². The largest absolute Gasteiger partial charge is 0.481 e. The molecule has 0 radical (unpaired) electrons. The molecule has 0 saturated carbocycles. The molecule has 2 heterocycles. The van der Waals surface area contributed by atoms with Gasteiger partial charge in [0.1, 0.15) is 12.3 Å². The van der Waals surface area contributed by atoms with E-state index in [-0.39, 0.29) is 12.0 Å². The fraction of sp³-hybridized carbons (Fsp3) is 0.600. The molecule has 0 aromatic carbocycles. The predicted molar refractivity (Wildman–Crippen MR) is 79.5 cm³/mol. The van der Waals surface area contributed by atoms with Gasteiger partial charge in [-0.05, 0) is 6.92 Å². The van der Waals surface area contributed by atoms with Crippen molar-refractivity contribution >= 4 is 15.6 Å². The van der Waals surface area contributed by atoms with Crippen molar-refractivity contribution in [1.29, 1.82) is 0 Å². The molecule has 5 N–H and O–H groups in total. The Balaban J connectivity index is 2.06. The highest BCUT2D eigenvalue weighted by Gasteiger charge is 2.39. The van der Waals surface area contributed by atoms with Crippen LogP contribution in [0.3, 0.4) is 0 Å². The maximum Gasteiger partial charge on any atom is 0.481 e. The van der Waals surface area contributed by atoms with Crippen LogP contribution >= 0.6 is 15.6 Å². The molecule has 1 aliphatic heterocycles. The van der Waals surface area contributed by atoms with Crippen LogP contribution in [0.25, 0.3) is 0 Å². The second-order valence-electron chi connectivity index (χ2n) is 5.25. The van der Waals surface area contributed by atoms with Crippen LogP contribution in [0.15, 0.2) is 15.8 Å². The van der Waals surface area contributed by atoms with Crippen LogP contribution in [-0.4, -0.2) is 48.2 Å². The zero-order valence-electron chi connectivity index (χ0n) is 12.7. The van der Waals surface area contributed by atoms with Crippen molar-refractivity contribution in [2.24, 2.45) is 0 Å². The van der Waals surface area contributed by atoms with Crippen LogP contribution in [0.4, 0.5) is 0 Å². The Labute approximate surface area is 139 Å². The summed E-state index contributed by atoms with van der Waals surface area (Å²) in [5.41, 5.74) is -1.12. The minimum Gasteiger partial charge on any atom is -0.390 e. The third-order valence-electron chi connectivity index (χ3n) is 3.27. The van der Waals surface area contributed by atoms with Gasteiger partial charge in [0, 0.05) is 18.2 Å². The number of phosphoric acid groups is 2. The third kappa shape index (κ3) is 5.42. The molecule has 0 aliphatic carbocycles. The van der Waals surface area contributed by atoms with E-state index in [9.17, 15) is 28.7 Å². The topological polar surface area (TPSA) is 198 Å². The van der Waals surface area contributed by atoms with Gasteiger partial charge in [0.2, 0.25) is 0 Å². The summed E-state index contributed by atoms with van der Waals surface area (Å²) in [5.74, 6) is 0. The molecule has 1 aromatic heterocycles. The quantitative estimate of drug-likeness (QED) is 0.355. The average Bonchev–Trinajstić information content (AvgIpc) is 2.79. The monoisotopic (exact) mass is 402 g/mol. The van der Waals surface area contributed by atoms with E-state index in [0.717, 1.165) is 4.57 Å². The van der Waals surface area contributed by atoms with Gasteiger partial charge in [-0.3, -0.25) is 18.9 Å². The number of aliphatic hydroxyl groups is 1. The summed E-state index contributed by atoms with van der Waals surface area (Å²) in [5, 5.41) is 9.91. The number of phosphoric ester groups is 1. The number of aromatic amines is 1. The Morgan fingerprint density at radius 3 is 2.60 bits per heavy atom. The molecule has 0 bridgehead atoms. The first kappa shape index (κ1) is 20.2. The summed E-state index contributed by atoms with van der Waals surface area (Å²) in [4.78, 5) is 51.4. The summed E-state index contributed by atoms with van der Waals surface area (Å²) in [6.45, 7) is 0.727. The summed E-state index contributed by atoms with van der Waals surface area (Å²) in [6, 6.07) is 0. The fourth-order valence-electron chi connectivity index (χ4n) is 2.16. The van der Waals surface area contributed by atoms with E-state index < -0.39 is 51.9 Å². The standard InChI is InChI=1S/C10H16N2O11P2/c1-5-3-12(10(15)11-9(5)14)8-2-6(13)7(22-8)4-21-25(19,20)23-24(16,17)18/h3,6-8,13H,2,4H2,1H3,(H,19,20)(H,11,14,15)(H2,16,17,18)/t6-,7+,8+/m1/s1. The number of aliphatic hydroxyl groups excluding tert-OH is 1. The van der Waals surface area contributed by atoms with Crippen LogP contribution in [0.1, 0.15) is 18.2 Å². The number of nitrogens with zero attached hydrogens (tertiary/aromatic N) is 1. The summed E-state index contributed by atoms with van der Waals surface area (Å²) >= 11 is 0. The van der Waals surface area contributed by atoms with Gasteiger partial charge in [-0.25, -0.2) is 13.9 Å². The van der Waals surface area contributed by atoms with Gasteiger partial charge >= 0.3 is 21.3 Å². The van der Waals surface area contributed by atoms with Gasteiger partial charge in [0.15, 0.2) is 0 Å². The number of hydrogen-bond acceptors (Lipinski definition) is 8. The Morgan fingerprint density at radius 1 is 1.36 bits per heavy atom. The van der Waals surface area contributed by atoms with Gasteiger partial charge < -0.3 is 24.5 Å². The first-order chi connectivity index (χ1) is 11.4. The van der Waals surface area contributed by atoms with Crippen LogP contribution in [0.2, 0.25) is 0 Å². The van der Waals surface area contributed by atoms with E-state index in [4.69, 9.17) is 14.5 Å². The SMILES string of the molecule is Cc1cn([C@@H]2C[C@@H](O)[C@H](COP(=O)(O)OP(=O)(O)O)O2)c(=O)[nH]c1=O. The van der Waals surface area contributed by atoms with Crippen molar-refractivity contribution < 1.29 is 42.5 Å². The molecule has 4 atom stereocenters. The maximum absolute atomic E-state index is 11.8. The van der Waals surface area contributed by atoms with Crippen LogP contribution in [-0.2, 0) is 22.7 Å². The number of rotatable bonds is 6. The van der Waals surface area contributed by atoms with Crippen molar-refractivity contribution in [2.45, 2.75) is 31.8 Å². The molecule has 15 heteroatoms. The average molecular weight is 402 g/mol. The smallest absolute Gasteiger partial charge is 0.390 e. The Kier molecular flexibility index (Phi) is 5.84. The van der Waals surface area contributed by atoms with E-state index in [1.54, 1.807) is 0 Å². The zero-order chi connectivity index (χ0) is 19.0. The lowest BCUT2D eigenvalue weighted by Crippen LogP contribution is -2.33.